The Morgan fingerprint density at radius 3 is 2.50 bits per heavy atom. The van der Waals surface area contributed by atoms with Gasteiger partial charge in [-0.2, -0.15) is 0 Å². The third kappa shape index (κ3) is 3.70. The van der Waals surface area contributed by atoms with Crippen LogP contribution in [-0.4, -0.2) is 12.4 Å². The van der Waals surface area contributed by atoms with Gasteiger partial charge in [-0.1, -0.05) is 24.3 Å². The molecule has 104 valence electrons. The minimum absolute atomic E-state index is 0.126. The Morgan fingerprint density at radius 1 is 1.00 bits per heavy atom. The summed E-state index contributed by atoms with van der Waals surface area (Å²) in [7, 11) is 0. The summed E-state index contributed by atoms with van der Waals surface area (Å²) in [5.74, 6) is 0.943. The lowest BCUT2D eigenvalue weighted by Gasteiger charge is -2.07. The number of carbonyl (C=O) groups excluding carboxylic acids is 1. The molecule has 0 unspecified atom stereocenters. The lowest BCUT2D eigenvalue weighted by Crippen LogP contribution is -2.07. The van der Waals surface area contributed by atoms with Crippen LogP contribution in [0, 0.1) is 20.8 Å². The molecule has 2 rings (SSSR count). The minimum atomic E-state index is 0.126. The van der Waals surface area contributed by atoms with Crippen LogP contribution >= 0.6 is 0 Å². The Bertz CT molecular complexity index is 615. The monoisotopic (exact) mass is 268 g/mol. The van der Waals surface area contributed by atoms with E-state index in [9.17, 15) is 4.79 Å². The molecule has 0 heterocycles. The van der Waals surface area contributed by atoms with Crippen LogP contribution in [0.3, 0.4) is 0 Å². The molecule has 0 spiro atoms. The zero-order chi connectivity index (χ0) is 14.5. The van der Waals surface area contributed by atoms with Gasteiger partial charge in [0.15, 0.2) is 5.78 Å². The van der Waals surface area contributed by atoms with Gasteiger partial charge in [0.1, 0.15) is 5.75 Å². The molecule has 2 nitrogen and oxygen atoms in total. The molecule has 0 aliphatic carbocycles. The zero-order valence-corrected chi connectivity index (χ0v) is 12.3. The number of hydrogen-bond donors (Lipinski definition) is 0. The number of carbonyl (C=O) groups is 1. The minimum Gasteiger partial charge on any atom is -0.493 e. The molecule has 0 saturated carbocycles. The molecule has 2 heteroatoms. The summed E-state index contributed by atoms with van der Waals surface area (Å²) in [5.41, 5.74) is 4.27. The van der Waals surface area contributed by atoms with Gasteiger partial charge in [-0.15, -0.1) is 0 Å². The largest absolute Gasteiger partial charge is 0.493 e. The number of rotatable bonds is 5. The van der Waals surface area contributed by atoms with E-state index in [1.54, 1.807) is 0 Å². The average molecular weight is 268 g/mol. The van der Waals surface area contributed by atoms with Crippen LogP contribution in [-0.2, 0) is 0 Å². The molecule has 0 bridgehead atoms. The predicted octanol–water partition coefficient (Wildman–Crippen LogP) is 4.26. The molecule has 0 aliphatic rings. The van der Waals surface area contributed by atoms with Crippen molar-refractivity contribution in [3.8, 4) is 5.75 Å². The van der Waals surface area contributed by atoms with Crippen molar-refractivity contribution in [2.24, 2.45) is 0 Å². The van der Waals surface area contributed by atoms with Crippen LogP contribution in [0.25, 0.3) is 0 Å². The van der Waals surface area contributed by atoms with Crippen molar-refractivity contribution in [1.29, 1.82) is 0 Å². The molecule has 0 aromatic heterocycles. The number of aryl methyl sites for hydroxylation is 3. The summed E-state index contributed by atoms with van der Waals surface area (Å²) in [6.07, 6.45) is 0.399. The summed E-state index contributed by atoms with van der Waals surface area (Å²) < 4.78 is 5.61. The molecule has 0 aliphatic heterocycles. The standard InChI is InChI=1S/C18H20O2/c1-13-5-4-6-17(11-13)20-10-9-18(19)16-8-7-14(2)15(3)12-16/h4-8,11-12H,9-10H2,1-3H3. The highest BCUT2D eigenvalue weighted by Crippen LogP contribution is 2.14. The molecular formula is C18H20O2. The van der Waals surface area contributed by atoms with E-state index in [0.29, 0.717) is 13.0 Å². The fraction of sp³-hybridized carbons (Fsp3) is 0.278. The average Bonchev–Trinajstić information content (AvgIpc) is 2.42. The second-order valence-electron chi connectivity index (χ2n) is 5.14. The second-order valence-corrected chi connectivity index (χ2v) is 5.14. The molecule has 0 saturated heterocycles. The normalized spacial score (nSPS) is 10.3. The van der Waals surface area contributed by atoms with E-state index in [0.717, 1.165) is 22.4 Å². The van der Waals surface area contributed by atoms with Gasteiger partial charge in [0.25, 0.3) is 0 Å². The molecular weight excluding hydrogens is 248 g/mol. The lowest BCUT2D eigenvalue weighted by atomic mass is 10.0. The van der Waals surface area contributed by atoms with Crippen LogP contribution in [0.1, 0.15) is 33.5 Å². The van der Waals surface area contributed by atoms with E-state index in [4.69, 9.17) is 4.74 Å². The number of hydrogen-bond acceptors (Lipinski definition) is 2. The maximum Gasteiger partial charge on any atom is 0.166 e. The smallest absolute Gasteiger partial charge is 0.166 e. The molecule has 0 amide bonds. The summed E-state index contributed by atoms with van der Waals surface area (Å²) in [6.45, 7) is 6.50. The third-order valence-electron chi connectivity index (χ3n) is 3.42. The Hall–Kier alpha value is -2.09. The van der Waals surface area contributed by atoms with Crippen LogP contribution in [0.5, 0.6) is 5.75 Å². The highest BCUT2D eigenvalue weighted by molar-refractivity contribution is 5.96. The van der Waals surface area contributed by atoms with E-state index < -0.39 is 0 Å². The van der Waals surface area contributed by atoms with Gasteiger partial charge >= 0.3 is 0 Å². The van der Waals surface area contributed by atoms with Crippen LogP contribution in [0.4, 0.5) is 0 Å². The zero-order valence-electron chi connectivity index (χ0n) is 12.3. The van der Waals surface area contributed by atoms with Crippen molar-refractivity contribution in [2.45, 2.75) is 27.2 Å². The van der Waals surface area contributed by atoms with E-state index in [-0.39, 0.29) is 5.78 Å². The van der Waals surface area contributed by atoms with Gasteiger partial charge in [-0.05, 0) is 55.7 Å². The predicted molar refractivity (Wildman–Crippen MR) is 81.5 cm³/mol. The van der Waals surface area contributed by atoms with Crippen molar-refractivity contribution >= 4 is 5.78 Å². The topological polar surface area (TPSA) is 26.3 Å². The Labute approximate surface area is 120 Å². The fourth-order valence-corrected chi connectivity index (χ4v) is 2.03. The molecule has 2 aromatic carbocycles. The van der Waals surface area contributed by atoms with Crippen LogP contribution in [0.2, 0.25) is 0 Å². The molecule has 0 fully saturated rings. The van der Waals surface area contributed by atoms with Gasteiger partial charge in [0.2, 0.25) is 0 Å². The van der Waals surface area contributed by atoms with Gasteiger partial charge in [-0.25, -0.2) is 0 Å². The van der Waals surface area contributed by atoms with Crippen molar-refractivity contribution in [2.75, 3.05) is 6.61 Å². The maximum absolute atomic E-state index is 12.1. The highest BCUT2D eigenvalue weighted by atomic mass is 16.5. The van der Waals surface area contributed by atoms with E-state index in [1.807, 2.05) is 63.2 Å². The Balaban J connectivity index is 1.90. The number of Topliss-reactive ketones (excluding diaryl/α,β-unsaturated/α-hetero) is 1. The Kier molecular flexibility index (Phi) is 4.57. The van der Waals surface area contributed by atoms with Gasteiger partial charge in [0, 0.05) is 12.0 Å². The Morgan fingerprint density at radius 2 is 1.80 bits per heavy atom. The van der Waals surface area contributed by atoms with Crippen molar-refractivity contribution in [3.63, 3.8) is 0 Å². The summed E-state index contributed by atoms with van der Waals surface area (Å²) in [6, 6.07) is 13.7. The van der Waals surface area contributed by atoms with Gasteiger partial charge < -0.3 is 4.74 Å². The summed E-state index contributed by atoms with van der Waals surface area (Å²) >= 11 is 0. The van der Waals surface area contributed by atoms with Crippen molar-refractivity contribution < 1.29 is 9.53 Å². The second kappa shape index (κ2) is 6.38. The van der Waals surface area contributed by atoms with Crippen LogP contribution < -0.4 is 4.74 Å². The molecule has 0 atom stereocenters. The van der Waals surface area contributed by atoms with E-state index in [1.165, 1.54) is 5.56 Å². The quantitative estimate of drug-likeness (QED) is 0.757. The number of ether oxygens (including phenoxy) is 1. The molecule has 0 N–H and O–H groups in total. The van der Waals surface area contributed by atoms with Gasteiger partial charge in [0.05, 0.1) is 6.61 Å². The first-order valence-electron chi connectivity index (χ1n) is 6.86. The molecule has 2 aromatic rings. The first-order valence-corrected chi connectivity index (χ1v) is 6.86. The first kappa shape index (κ1) is 14.3. The van der Waals surface area contributed by atoms with Crippen molar-refractivity contribution in [1.82, 2.24) is 0 Å². The lowest BCUT2D eigenvalue weighted by molar-refractivity contribution is 0.0962. The maximum atomic E-state index is 12.1. The number of benzene rings is 2. The summed E-state index contributed by atoms with van der Waals surface area (Å²) in [4.78, 5) is 12.1. The van der Waals surface area contributed by atoms with Gasteiger partial charge in [-0.3, -0.25) is 4.79 Å². The highest BCUT2D eigenvalue weighted by Gasteiger charge is 2.07. The summed E-state index contributed by atoms with van der Waals surface area (Å²) in [5, 5.41) is 0. The van der Waals surface area contributed by atoms with E-state index in [2.05, 4.69) is 0 Å². The molecule has 20 heavy (non-hydrogen) atoms. The number of ketones is 1. The third-order valence-corrected chi connectivity index (χ3v) is 3.42. The first-order chi connectivity index (χ1) is 9.56. The van der Waals surface area contributed by atoms with Crippen LogP contribution in [0.15, 0.2) is 42.5 Å². The van der Waals surface area contributed by atoms with Crippen molar-refractivity contribution in [3.05, 3.63) is 64.7 Å². The SMILES string of the molecule is Cc1cccc(OCCC(=O)c2ccc(C)c(C)c2)c1. The molecule has 0 radical (unpaired) electrons. The fourth-order valence-electron chi connectivity index (χ4n) is 2.03. The van der Waals surface area contributed by atoms with E-state index >= 15 is 0 Å².